The van der Waals surface area contributed by atoms with Gasteiger partial charge in [0, 0.05) is 13.0 Å². The monoisotopic (exact) mass is 377 g/mol. The Hall–Kier alpha value is -2.93. The molecule has 4 aromatic rings. The van der Waals surface area contributed by atoms with E-state index in [-0.39, 0.29) is 0 Å². The summed E-state index contributed by atoms with van der Waals surface area (Å²) < 4.78 is 9.76. The molecule has 1 aliphatic heterocycles. The van der Waals surface area contributed by atoms with Gasteiger partial charge in [0.25, 0.3) is 0 Å². The van der Waals surface area contributed by atoms with Gasteiger partial charge in [0.2, 0.25) is 5.88 Å². The van der Waals surface area contributed by atoms with Crippen LogP contribution in [-0.2, 0) is 13.0 Å². The second-order valence-electron chi connectivity index (χ2n) is 6.42. The Labute approximate surface area is 161 Å². The van der Waals surface area contributed by atoms with Crippen molar-refractivity contribution in [2.24, 2.45) is 0 Å². The molecule has 0 saturated carbocycles. The van der Waals surface area contributed by atoms with Crippen molar-refractivity contribution >= 4 is 11.3 Å². The molecular weight excluding hydrogens is 358 g/mol. The van der Waals surface area contributed by atoms with E-state index in [1.807, 2.05) is 39.1 Å². The topological polar surface area (TPSA) is 57.8 Å². The average molecular weight is 377 g/mol. The fourth-order valence-corrected chi connectivity index (χ4v) is 4.06. The molecular formula is C20H19N5OS. The minimum atomic E-state index is 0.705. The number of rotatable bonds is 4. The quantitative estimate of drug-likeness (QED) is 0.535. The number of benzene rings is 1. The molecule has 4 heterocycles. The van der Waals surface area contributed by atoms with Crippen LogP contribution in [0.4, 0.5) is 0 Å². The van der Waals surface area contributed by atoms with Crippen molar-refractivity contribution in [2.75, 3.05) is 6.61 Å². The normalized spacial score (nSPS) is 13.4. The molecule has 0 amide bonds. The first-order valence-corrected chi connectivity index (χ1v) is 10.0. The highest BCUT2D eigenvalue weighted by Crippen LogP contribution is 2.35. The molecule has 6 nitrogen and oxygen atoms in total. The fourth-order valence-electron chi connectivity index (χ4n) is 3.40. The number of fused-ring (bicyclic) bond motifs is 1. The van der Waals surface area contributed by atoms with Crippen LogP contribution in [0.3, 0.4) is 0 Å². The van der Waals surface area contributed by atoms with E-state index >= 15 is 0 Å². The third kappa shape index (κ3) is 2.75. The molecule has 0 atom stereocenters. The zero-order valence-electron chi connectivity index (χ0n) is 15.0. The maximum Gasteiger partial charge on any atom is 0.223 e. The first kappa shape index (κ1) is 16.3. The number of ether oxygens (including phenoxy) is 1. The Morgan fingerprint density at radius 2 is 2.11 bits per heavy atom. The van der Waals surface area contributed by atoms with Gasteiger partial charge in [0.15, 0.2) is 11.6 Å². The molecule has 27 heavy (non-hydrogen) atoms. The van der Waals surface area contributed by atoms with Crippen LogP contribution in [-0.4, -0.2) is 31.2 Å². The average Bonchev–Trinajstić information content (AvgIpc) is 3.45. The van der Waals surface area contributed by atoms with Crippen molar-refractivity contribution < 1.29 is 4.74 Å². The van der Waals surface area contributed by atoms with Crippen molar-refractivity contribution in [3.05, 3.63) is 53.5 Å². The molecule has 0 radical (unpaired) electrons. The molecule has 0 saturated heterocycles. The van der Waals surface area contributed by atoms with Crippen LogP contribution in [0.25, 0.3) is 27.8 Å². The molecule has 0 aliphatic carbocycles. The summed E-state index contributed by atoms with van der Waals surface area (Å²) in [6.45, 7) is 3.73. The number of aromatic nitrogens is 5. The van der Waals surface area contributed by atoms with Gasteiger partial charge in [-0.2, -0.15) is 5.10 Å². The highest BCUT2D eigenvalue weighted by molar-refractivity contribution is 7.13. The molecule has 3 aromatic heterocycles. The van der Waals surface area contributed by atoms with E-state index in [4.69, 9.17) is 14.8 Å². The molecule has 7 heteroatoms. The van der Waals surface area contributed by atoms with Crippen LogP contribution in [0.5, 0.6) is 5.88 Å². The van der Waals surface area contributed by atoms with Crippen molar-refractivity contribution in [3.63, 3.8) is 0 Å². The van der Waals surface area contributed by atoms with Crippen molar-refractivity contribution in [3.8, 4) is 33.7 Å². The highest BCUT2D eigenvalue weighted by Gasteiger charge is 2.24. The van der Waals surface area contributed by atoms with Gasteiger partial charge in [-0.1, -0.05) is 31.2 Å². The summed E-state index contributed by atoms with van der Waals surface area (Å²) in [7, 11) is 0. The Bertz CT molecular complexity index is 1080. The molecule has 0 spiro atoms. The van der Waals surface area contributed by atoms with Crippen LogP contribution in [0, 0.1) is 0 Å². The van der Waals surface area contributed by atoms with Gasteiger partial charge >= 0.3 is 0 Å². The minimum Gasteiger partial charge on any atom is -0.477 e. The van der Waals surface area contributed by atoms with E-state index in [1.165, 1.54) is 5.56 Å². The standard InChI is InChI=1S/C20H19N5OS/c1-2-14-7-3-4-8-16(14)25-19(22-18(23-25)17-9-5-12-27-17)15-13-21-24-10-6-11-26-20(15)24/h3-5,7-9,12-13H,2,6,10-11H2,1H3. The second-order valence-corrected chi connectivity index (χ2v) is 7.37. The molecule has 0 unspecified atom stereocenters. The predicted molar refractivity (Wildman–Crippen MR) is 105 cm³/mol. The van der Waals surface area contributed by atoms with Gasteiger partial charge < -0.3 is 4.74 Å². The first-order chi connectivity index (χ1) is 13.3. The molecule has 1 aliphatic rings. The Kier molecular flexibility index (Phi) is 4.01. The molecule has 136 valence electrons. The summed E-state index contributed by atoms with van der Waals surface area (Å²) >= 11 is 1.64. The van der Waals surface area contributed by atoms with E-state index in [0.717, 1.165) is 53.0 Å². The molecule has 0 bridgehead atoms. The lowest BCUT2D eigenvalue weighted by atomic mass is 10.1. The highest BCUT2D eigenvalue weighted by atomic mass is 32.1. The summed E-state index contributed by atoms with van der Waals surface area (Å²) in [6, 6.07) is 12.4. The number of nitrogens with zero attached hydrogens (tertiary/aromatic N) is 5. The number of para-hydroxylation sites is 1. The summed E-state index contributed by atoms with van der Waals surface area (Å²) in [5.74, 6) is 2.27. The summed E-state index contributed by atoms with van der Waals surface area (Å²) in [5.41, 5.74) is 3.15. The number of thiophene rings is 1. The smallest absolute Gasteiger partial charge is 0.223 e. The van der Waals surface area contributed by atoms with E-state index < -0.39 is 0 Å². The lowest BCUT2D eigenvalue weighted by Crippen LogP contribution is -2.15. The van der Waals surface area contributed by atoms with Crippen molar-refractivity contribution in [2.45, 2.75) is 26.3 Å². The van der Waals surface area contributed by atoms with Gasteiger partial charge in [-0.15, -0.1) is 16.4 Å². The molecule has 0 fully saturated rings. The van der Waals surface area contributed by atoms with Crippen LogP contribution < -0.4 is 4.74 Å². The summed E-state index contributed by atoms with van der Waals surface area (Å²) in [6.07, 6.45) is 3.74. The SMILES string of the molecule is CCc1ccccc1-n1nc(-c2cccs2)nc1-c1cnn2c1OCCC2. The third-order valence-corrected chi connectivity index (χ3v) is 5.60. The van der Waals surface area contributed by atoms with Crippen LogP contribution in [0.1, 0.15) is 18.9 Å². The lowest BCUT2D eigenvalue weighted by Gasteiger charge is -2.16. The van der Waals surface area contributed by atoms with Crippen molar-refractivity contribution in [1.29, 1.82) is 0 Å². The van der Waals surface area contributed by atoms with E-state index in [0.29, 0.717) is 6.61 Å². The number of hydrogen-bond acceptors (Lipinski definition) is 5. The van der Waals surface area contributed by atoms with E-state index in [1.54, 1.807) is 11.3 Å². The third-order valence-electron chi connectivity index (χ3n) is 4.73. The maximum absolute atomic E-state index is 5.92. The van der Waals surface area contributed by atoms with Crippen LogP contribution in [0.15, 0.2) is 48.0 Å². The zero-order valence-corrected chi connectivity index (χ0v) is 15.8. The van der Waals surface area contributed by atoms with Gasteiger partial charge in [-0.05, 0) is 29.5 Å². The molecule has 0 N–H and O–H groups in total. The van der Waals surface area contributed by atoms with E-state index in [2.05, 4.69) is 30.2 Å². The number of hydrogen-bond donors (Lipinski definition) is 0. The Balaban J connectivity index is 1.73. The lowest BCUT2D eigenvalue weighted by molar-refractivity contribution is 0.231. The van der Waals surface area contributed by atoms with Gasteiger partial charge in [-0.25, -0.2) is 14.3 Å². The largest absolute Gasteiger partial charge is 0.477 e. The fraction of sp³-hybridized carbons (Fsp3) is 0.250. The van der Waals surface area contributed by atoms with Crippen LogP contribution in [0.2, 0.25) is 0 Å². The van der Waals surface area contributed by atoms with E-state index in [9.17, 15) is 0 Å². The van der Waals surface area contributed by atoms with Gasteiger partial charge in [0.05, 0.1) is 23.4 Å². The Morgan fingerprint density at radius 1 is 1.19 bits per heavy atom. The maximum atomic E-state index is 5.92. The number of aryl methyl sites for hydroxylation is 2. The van der Waals surface area contributed by atoms with Crippen molar-refractivity contribution in [1.82, 2.24) is 24.5 Å². The van der Waals surface area contributed by atoms with Gasteiger partial charge in [0.1, 0.15) is 5.56 Å². The Morgan fingerprint density at radius 3 is 2.96 bits per heavy atom. The summed E-state index contributed by atoms with van der Waals surface area (Å²) in [4.78, 5) is 5.93. The molecule has 1 aromatic carbocycles. The first-order valence-electron chi connectivity index (χ1n) is 9.13. The van der Waals surface area contributed by atoms with Crippen LogP contribution >= 0.6 is 11.3 Å². The molecule has 5 rings (SSSR count). The minimum absolute atomic E-state index is 0.705. The predicted octanol–water partition coefficient (Wildman–Crippen LogP) is 4.20. The summed E-state index contributed by atoms with van der Waals surface area (Å²) in [5, 5.41) is 11.4. The second kappa shape index (κ2) is 6.66. The van der Waals surface area contributed by atoms with Gasteiger partial charge in [-0.3, -0.25) is 0 Å². The zero-order chi connectivity index (χ0) is 18.2.